The molecule has 16 heavy (non-hydrogen) atoms. The van der Waals surface area contributed by atoms with Crippen LogP contribution in [0.5, 0.6) is 0 Å². The van der Waals surface area contributed by atoms with Gasteiger partial charge in [0.1, 0.15) is 6.10 Å². The van der Waals surface area contributed by atoms with Crippen molar-refractivity contribution in [2.45, 2.75) is 44.4 Å². The lowest BCUT2D eigenvalue weighted by atomic mass is 10.1. The number of carbonyl (C=O) groups is 2. The number of carboxylic acid groups (broad SMARTS) is 1. The van der Waals surface area contributed by atoms with E-state index in [0.717, 1.165) is 0 Å². The molecule has 0 bridgehead atoms. The fourth-order valence-electron chi connectivity index (χ4n) is 1.54. The molecule has 0 radical (unpaired) electrons. The normalized spacial score (nSPS) is 25.8. The zero-order chi connectivity index (χ0) is 12.1. The fraction of sp³-hybridized carbons (Fsp3) is 0.700. The molecule has 2 N–H and O–H groups in total. The van der Waals surface area contributed by atoms with Gasteiger partial charge in [0.05, 0.1) is 12.5 Å². The lowest BCUT2D eigenvalue weighted by Gasteiger charge is -2.14. The number of amides is 1. The minimum atomic E-state index is -1.04. The number of ether oxygens (including phenoxy) is 1. The van der Waals surface area contributed by atoms with E-state index in [1.165, 1.54) is 0 Å². The number of aliphatic carboxylic acids is 1. The Kier molecular flexibility index (Phi) is 4.26. The van der Waals surface area contributed by atoms with Crippen molar-refractivity contribution in [1.29, 1.82) is 5.26 Å². The minimum absolute atomic E-state index is 0.223. The molecule has 0 aliphatic carbocycles. The van der Waals surface area contributed by atoms with Crippen molar-refractivity contribution < 1.29 is 19.4 Å². The van der Waals surface area contributed by atoms with Crippen molar-refractivity contribution in [2.75, 3.05) is 0 Å². The number of nitrogens with one attached hydrogen (secondary N) is 1. The number of nitriles is 1. The average molecular weight is 226 g/mol. The highest BCUT2D eigenvalue weighted by Gasteiger charge is 2.34. The van der Waals surface area contributed by atoms with Crippen LogP contribution in [-0.2, 0) is 14.3 Å². The minimum Gasteiger partial charge on any atom is -0.479 e. The number of carbonyl (C=O) groups excluding carboxylic acids is 1. The van der Waals surface area contributed by atoms with Crippen molar-refractivity contribution in [3.8, 4) is 6.07 Å². The van der Waals surface area contributed by atoms with Gasteiger partial charge in [0.25, 0.3) is 0 Å². The van der Waals surface area contributed by atoms with Crippen LogP contribution < -0.4 is 5.32 Å². The van der Waals surface area contributed by atoms with Crippen LogP contribution in [0.1, 0.15) is 26.2 Å². The van der Waals surface area contributed by atoms with Crippen LogP contribution in [0, 0.1) is 11.3 Å². The Hall–Kier alpha value is -1.61. The van der Waals surface area contributed by atoms with Gasteiger partial charge < -0.3 is 15.2 Å². The van der Waals surface area contributed by atoms with E-state index in [1.807, 2.05) is 6.07 Å². The maximum absolute atomic E-state index is 11.6. The SMILES string of the molecule is CC(CC#N)NC(=O)C1CCC(C(=O)O)O1. The summed E-state index contributed by atoms with van der Waals surface area (Å²) >= 11 is 0. The molecular formula is C10H14N2O4. The lowest BCUT2D eigenvalue weighted by molar-refractivity contribution is -0.151. The van der Waals surface area contributed by atoms with E-state index >= 15 is 0 Å². The Labute approximate surface area is 93.2 Å². The second kappa shape index (κ2) is 5.47. The van der Waals surface area contributed by atoms with Gasteiger partial charge >= 0.3 is 5.97 Å². The molecule has 0 aromatic rings. The molecule has 1 fully saturated rings. The van der Waals surface area contributed by atoms with Crippen LogP contribution in [0.25, 0.3) is 0 Å². The third kappa shape index (κ3) is 3.21. The van der Waals surface area contributed by atoms with Gasteiger partial charge in [-0.25, -0.2) is 4.79 Å². The molecule has 1 heterocycles. The summed E-state index contributed by atoms with van der Waals surface area (Å²) in [6.07, 6.45) is -0.618. The van der Waals surface area contributed by atoms with Crippen LogP contribution >= 0.6 is 0 Å². The summed E-state index contributed by atoms with van der Waals surface area (Å²) in [5.74, 6) is -1.38. The van der Waals surface area contributed by atoms with E-state index < -0.39 is 18.2 Å². The molecule has 1 saturated heterocycles. The Morgan fingerprint density at radius 3 is 2.69 bits per heavy atom. The summed E-state index contributed by atoms with van der Waals surface area (Å²) in [6.45, 7) is 1.71. The van der Waals surface area contributed by atoms with Gasteiger partial charge in [0.2, 0.25) is 5.91 Å². The van der Waals surface area contributed by atoms with E-state index in [0.29, 0.717) is 12.8 Å². The molecule has 1 rings (SSSR count). The van der Waals surface area contributed by atoms with E-state index in [-0.39, 0.29) is 18.4 Å². The molecule has 1 aliphatic heterocycles. The van der Waals surface area contributed by atoms with Crippen molar-refractivity contribution in [1.82, 2.24) is 5.32 Å². The second-order valence-corrected chi connectivity index (χ2v) is 3.80. The summed E-state index contributed by atoms with van der Waals surface area (Å²) in [7, 11) is 0. The van der Waals surface area contributed by atoms with Crippen LogP contribution in [0.3, 0.4) is 0 Å². The Morgan fingerprint density at radius 2 is 2.19 bits per heavy atom. The Balaban J connectivity index is 2.40. The zero-order valence-electron chi connectivity index (χ0n) is 8.97. The van der Waals surface area contributed by atoms with E-state index in [1.54, 1.807) is 6.92 Å². The van der Waals surface area contributed by atoms with Gasteiger partial charge in [0, 0.05) is 6.04 Å². The first-order chi connectivity index (χ1) is 7.54. The number of nitrogens with zero attached hydrogens (tertiary/aromatic N) is 1. The smallest absolute Gasteiger partial charge is 0.332 e. The standard InChI is InChI=1S/C10H14N2O4/c1-6(4-5-11)12-9(13)7-2-3-8(16-7)10(14)15/h6-8H,2-4H2,1H3,(H,12,13)(H,14,15). The summed E-state index contributed by atoms with van der Waals surface area (Å²) < 4.78 is 5.07. The van der Waals surface area contributed by atoms with Crippen LogP contribution in [0.2, 0.25) is 0 Å². The Bertz CT molecular complexity index is 323. The molecule has 0 aromatic heterocycles. The number of hydrogen-bond donors (Lipinski definition) is 2. The van der Waals surface area contributed by atoms with Gasteiger partial charge in [-0.15, -0.1) is 0 Å². The molecule has 6 heteroatoms. The third-order valence-electron chi connectivity index (χ3n) is 2.37. The van der Waals surface area contributed by atoms with Crippen LogP contribution in [-0.4, -0.2) is 35.2 Å². The highest BCUT2D eigenvalue weighted by atomic mass is 16.5. The third-order valence-corrected chi connectivity index (χ3v) is 2.37. The maximum Gasteiger partial charge on any atom is 0.332 e. The lowest BCUT2D eigenvalue weighted by Crippen LogP contribution is -2.40. The number of carboxylic acids is 1. The first-order valence-electron chi connectivity index (χ1n) is 5.10. The topological polar surface area (TPSA) is 99.4 Å². The molecule has 0 aromatic carbocycles. The van der Waals surface area contributed by atoms with Gasteiger partial charge in [-0.2, -0.15) is 5.26 Å². The number of rotatable bonds is 4. The van der Waals surface area contributed by atoms with Crippen LogP contribution in [0.15, 0.2) is 0 Å². The van der Waals surface area contributed by atoms with E-state index in [9.17, 15) is 9.59 Å². The van der Waals surface area contributed by atoms with Gasteiger partial charge in [-0.05, 0) is 19.8 Å². The highest BCUT2D eigenvalue weighted by molar-refractivity contribution is 5.82. The van der Waals surface area contributed by atoms with Gasteiger partial charge in [-0.1, -0.05) is 0 Å². The van der Waals surface area contributed by atoms with Gasteiger partial charge in [0.15, 0.2) is 6.10 Å². The fourth-order valence-corrected chi connectivity index (χ4v) is 1.54. The summed E-state index contributed by atoms with van der Waals surface area (Å²) in [6, 6.07) is 1.70. The zero-order valence-corrected chi connectivity index (χ0v) is 8.97. The van der Waals surface area contributed by atoms with Crippen molar-refractivity contribution in [3.63, 3.8) is 0 Å². The summed E-state index contributed by atoms with van der Waals surface area (Å²) in [5, 5.41) is 19.7. The summed E-state index contributed by atoms with van der Waals surface area (Å²) in [5.41, 5.74) is 0. The molecule has 1 amide bonds. The molecule has 0 spiro atoms. The molecule has 1 aliphatic rings. The quantitative estimate of drug-likeness (QED) is 0.704. The Morgan fingerprint density at radius 1 is 1.56 bits per heavy atom. The van der Waals surface area contributed by atoms with Crippen molar-refractivity contribution in [3.05, 3.63) is 0 Å². The molecule has 88 valence electrons. The first-order valence-corrected chi connectivity index (χ1v) is 5.10. The van der Waals surface area contributed by atoms with Gasteiger partial charge in [-0.3, -0.25) is 4.79 Å². The second-order valence-electron chi connectivity index (χ2n) is 3.80. The molecular weight excluding hydrogens is 212 g/mol. The van der Waals surface area contributed by atoms with E-state index in [4.69, 9.17) is 15.1 Å². The van der Waals surface area contributed by atoms with Crippen LogP contribution in [0.4, 0.5) is 0 Å². The first kappa shape index (κ1) is 12.5. The monoisotopic (exact) mass is 226 g/mol. The largest absolute Gasteiger partial charge is 0.479 e. The molecule has 0 saturated carbocycles. The summed E-state index contributed by atoms with van der Waals surface area (Å²) in [4.78, 5) is 22.2. The maximum atomic E-state index is 11.6. The van der Waals surface area contributed by atoms with Crippen molar-refractivity contribution in [2.24, 2.45) is 0 Å². The van der Waals surface area contributed by atoms with E-state index in [2.05, 4.69) is 5.32 Å². The van der Waals surface area contributed by atoms with Crippen molar-refractivity contribution >= 4 is 11.9 Å². The molecule has 6 nitrogen and oxygen atoms in total. The average Bonchev–Trinajstić information content (AvgIpc) is 2.66. The number of hydrogen-bond acceptors (Lipinski definition) is 4. The molecule has 3 unspecified atom stereocenters. The highest BCUT2D eigenvalue weighted by Crippen LogP contribution is 2.20. The molecule has 3 atom stereocenters. The predicted molar refractivity (Wildman–Crippen MR) is 53.4 cm³/mol. The predicted octanol–water partition coefficient (Wildman–Crippen LogP) is 0.0370.